The van der Waals surface area contributed by atoms with Crippen molar-refractivity contribution in [2.45, 2.75) is 32.9 Å². The lowest BCUT2D eigenvalue weighted by molar-refractivity contribution is 0.548. The van der Waals surface area contributed by atoms with Crippen molar-refractivity contribution < 1.29 is 0 Å². The topological polar surface area (TPSA) is 50.1 Å². The van der Waals surface area contributed by atoms with Crippen LogP contribution < -0.4 is 16.4 Å². The van der Waals surface area contributed by atoms with Gasteiger partial charge in [0.15, 0.2) is 0 Å². The summed E-state index contributed by atoms with van der Waals surface area (Å²) in [5.41, 5.74) is 7.90. The van der Waals surface area contributed by atoms with Gasteiger partial charge >= 0.3 is 0 Å². The minimum absolute atomic E-state index is 0.574. The molecule has 0 heterocycles. The zero-order valence-electron chi connectivity index (χ0n) is 10.3. The minimum Gasteiger partial charge on any atom is -0.398 e. The Morgan fingerprint density at radius 1 is 1.19 bits per heavy atom. The van der Waals surface area contributed by atoms with Gasteiger partial charge in [0.05, 0.1) is 0 Å². The van der Waals surface area contributed by atoms with Gasteiger partial charge in [-0.2, -0.15) is 0 Å². The maximum atomic E-state index is 5.85. The molecular formula is C13H23N3. The molecule has 0 fully saturated rings. The molecule has 0 bridgehead atoms. The van der Waals surface area contributed by atoms with Gasteiger partial charge in [-0.05, 0) is 31.1 Å². The highest BCUT2D eigenvalue weighted by molar-refractivity contribution is 5.46. The molecule has 0 atom stereocenters. The first-order valence-corrected chi connectivity index (χ1v) is 5.97. The summed E-state index contributed by atoms with van der Waals surface area (Å²) in [6.07, 6.45) is 1.14. The van der Waals surface area contributed by atoms with Crippen molar-refractivity contribution in [2.24, 2.45) is 0 Å². The van der Waals surface area contributed by atoms with Crippen LogP contribution in [0.25, 0.3) is 0 Å². The smallest absolute Gasteiger partial charge is 0.0359 e. The van der Waals surface area contributed by atoms with E-state index in [1.807, 2.05) is 18.2 Å². The fourth-order valence-electron chi connectivity index (χ4n) is 1.52. The molecule has 0 radical (unpaired) electrons. The molecule has 3 nitrogen and oxygen atoms in total. The Morgan fingerprint density at radius 2 is 1.94 bits per heavy atom. The molecule has 1 aromatic carbocycles. The Kier molecular flexibility index (Phi) is 5.90. The van der Waals surface area contributed by atoms with E-state index >= 15 is 0 Å². The highest BCUT2D eigenvalue weighted by atomic mass is 14.9. The Bertz CT molecular complexity index is 297. The number of para-hydroxylation sites is 1. The summed E-state index contributed by atoms with van der Waals surface area (Å²) >= 11 is 0. The number of benzene rings is 1. The van der Waals surface area contributed by atoms with Crippen molar-refractivity contribution in [3.63, 3.8) is 0 Å². The van der Waals surface area contributed by atoms with Crippen molar-refractivity contribution in [2.75, 3.05) is 18.8 Å². The van der Waals surface area contributed by atoms with Gasteiger partial charge < -0.3 is 16.4 Å². The van der Waals surface area contributed by atoms with Gasteiger partial charge in [0.25, 0.3) is 0 Å². The lowest BCUT2D eigenvalue weighted by atomic mass is 10.2. The van der Waals surface area contributed by atoms with Gasteiger partial charge in [0.2, 0.25) is 0 Å². The van der Waals surface area contributed by atoms with Crippen LogP contribution >= 0.6 is 0 Å². The summed E-state index contributed by atoms with van der Waals surface area (Å²) in [5, 5.41) is 6.79. The van der Waals surface area contributed by atoms with E-state index in [1.54, 1.807) is 0 Å². The highest BCUT2D eigenvalue weighted by Crippen LogP contribution is 2.09. The summed E-state index contributed by atoms with van der Waals surface area (Å²) in [5.74, 6) is 0. The molecule has 0 saturated carbocycles. The molecule has 0 spiro atoms. The number of anilines is 1. The van der Waals surface area contributed by atoms with Crippen LogP contribution in [0.4, 0.5) is 5.69 Å². The number of hydrogen-bond donors (Lipinski definition) is 3. The number of rotatable bonds is 7. The van der Waals surface area contributed by atoms with E-state index in [2.05, 4.69) is 30.5 Å². The summed E-state index contributed by atoms with van der Waals surface area (Å²) < 4.78 is 0. The molecule has 1 aromatic rings. The zero-order valence-corrected chi connectivity index (χ0v) is 10.3. The van der Waals surface area contributed by atoms with Crippen molar-refractivity contribution in [1.82, 2.24) is 10.6 Å². The molecule has 16 heavy (non-hydrogen) atoms. The Morgan fingerprint density at radius 3 is 2.62 bits per heavy atom. The molecule has 0 unspecified atom stereocenters. The molecule has 0 aliphatic heterocycles. The number of nitrogens with two attached hydrogens (primary N) is 1. The molecule has 0 aromatic heterocycles. The van der Waals surface area contributed by atoms with E-state index in [-0.39, 0.29) is 0 Å². The first-order chi connectivity index (χ1) is 7.70. The van der Waals surface area contributed by atoms with E-state index in [4.69, 9.17) is 5.73 Å². The Labute approximate surface area is 98.4 Å². The Balaban J connectivity index is 2.10. The van der Waals surface area contributed by atoms with Gasteiger partial charge in [0, 0.05) is 18.3 Å². The van der Waals surface area contributed by atoms with Crippen molar-refractivity contribution >= 4 is 5.69 Å². The van der Waals surface area contributed by atoms with Gasteiger partial charge in [-0.3, -0.25) is 0 Å². The summed E-state index contributed by atoms with van der Waals surface area (Å²) in [4.78, 5) is 0. The van der Waals surface area contributed by atoms with E-state index in [1.165, 1.54) is 5.56 Å². The minimum atomic E-state index is 0.574. The normalized spacial score (nSPS) is 10.9. The monoisotopic (exact) mass is 221 g/mol. The predicted molar refractivity (Wildman–Crippen MR) is 70.3 cm³/mol. The predicted octanol–water partition coefficient (Wildman–Crippen LogP) is 1.75. The fraction of sp³-hybridized carbons (Fsp3) is 0.538. The van der Waals surface area contributed by atoms with Gasteiger partial charge in [-0.15, -0.1) is 0 Å². The lowest BCUT2D eigenvalue weighted by Crippen LogP contribution is -2.26. The van der Waals surface area contributed by atoms with Crippen LogP contribution in [0.5, 0.6) is 0 Å². The molecule has 0 aliphatic rings. The third kappa shape index (κ3) is 5.14. The third-order valence-electron chi connectivity index (χ3n) is 2.45. The van der Waals surface area contributed by atoms with Crippen LogP contribution in [0.15, 0.2) is 24.3 Å². The molecule has 4 N–H and O–H groups in total. The maximum absolute atomic E-state index is 5.85. The molecular weight excluding hydrogens is 198 g/mol. The standard InChI is InChI=1S/C13H23N3/c1-11(2)16-9-5-8-15-10-12-6-3-4-7-13(12)14/h3-4,6-7,11,15-16H,5,8-10,14H2,1-2H3. The van der Waals surface area contributed by atoms with E-state index in [0.29, 0.717) is 6.04 Å². The average molecular weight is 221 g/mol. The second-order valence-electron chi connectivity index (χ2n) is 4.34. The molecule has 1 rings (SSSR count). The number of nitrogen functional groups attached to an aromatic ring is 1. The Hall–Kier alpha value is -1.06. The van der Waals surface area contributed by atoms with Gasteiger partial charge in [-0.1, -0.05) is 32.0 Å². The van der Waals surface area contributed by atoms with Crippen LogP contribution in [0.1, 0.15) is 25.8 Å². The third-order valence-corrected chi connectivity index (χ3v) is 2.45. The van der Waals surface area contributed by atoms with E-state index < -0.39 is 0 Å². The van der Waals surface area contributed by atoms with Crippen LogP contribution in [-0.4, -0.2) is 19.1 Å². The van der Waals surface area contributed by atoms with E-state index in [0.717, 1.165) is 31.7 Å². The van der Waals surface area contributed by atoms with Crippen molar-refractivity contribution in [3.05, 3.63) is 29.8 Å². The van der Waals surface area contributed by atoms with Crippen LogP contribution in [0.2, 0.25) is 0 Å². The van der Waals surface area contributed by atoms with Gasteiger partial charge in [0.1, 0.15) is 0 Å². The van der Waals surface area contributed by atoms with Crippen LogP contribution in [0, 0.1) is 0 Å². The quantitative estimate of drug-likeness (QED) is 0.485. The maximum Gasteiger partial charge on any atom is 0.0359 e. The van der Waals surface area contributed by atoms with Crippen LogP contribution in [0.3, 0.4) is 0 Å². The number of nitrogens with one attached hydrogen (secondary N) is 2. The molecule has 90 valence electrons. The van der Waals surface area contributed by atoms with Crippen molar-refractivity contribution in [1.29, 1.82) is 0 Å². The van der Waals surface area contributed by atoms with Gasteiger partial charge in [-0.25, -0.2) is 0 Å². The fourth-order valence-corrected chi connectivity index (χ4v) is 1.52. The SMILES string of the molecule is CC(C)NCCCNCc1ccccc1N. The highest BCUT2D eigenvalue weighted by Gasteiger charge is 1.96. The first kappa shape index (κ1) is 13.0. The van der Waals surface area contributed by atoms with Crippen LogP contribution in [-0.2, 0) is 6.54 Å². The van der Waals surface area contributed by atoms with Crippen molar-refractivity contribution in [3.8, 4) is 0 Å². The van der Waals surface area contributed by atoms with E-state index in [9.17, 15) is 0 Å². The first-order valence-electron chi connectivity index (χ1n) is 5.97. The molecule has 0 amide bonds. The average Bonchev–Trinajstić information content (AvgIpc) is 2.25. The number of hydrogen-bond acceptors (Lipinski definition) is 3. The molecule has 0 saturated heterocycles. The summed E-state index contributed by atoms with van der Waals surface area (Å²) in [7, 11) is 0. The zero-order chi connectivity index (χ0) is 11.8. The summed E-state index contributed by atoms with van der Waals surface area (Å²) in [6, 6.07) is 8.57. The molecule has 3 heteroatoms. The second-order valence-corrected chi connectivity index (χ2v) is 4.34. The summed E-state index contributed by atoms with van der Waals surface area (Å²) in [6.45, 7) is 7.27. The lowest BCUT2D eigenvalue weighted by Gasteiger charge is -2.09. The largest absolute Gasteiger partial charge is 0.398 e. The molecule has 0 aliphatic carbocycles. The second kappa shape index (κ2) is 7.25.